The van der Waals surface area contributed by atoms with Gasteiger partial charge in [-0.15, -0.1) is 0 Å². The number of aromatic nitrogens is 2. The second-order valence-electron chi connectivity index (χ2n) is 4.26. The van der Waals surface area contributed by atoms with Crippen molar-refractivity contribution in [1.29, 1.82) is 0 Å². The number of carbonyl (C=O) groups is 1. The average molecular weight is 338 g/mol. The van der Waals surface area contributed by atoms with Crippen molar-refractivity contribution in [2.24, 2.45) is 14.1 Å². The van der Waals surface area contributed by atoms with Crippen LogP contribution >= 0.6 is 15.9 Å². The molecule has 0 aliphatic heterocycles. The molecule has 1 heterocycles. The van der Waals surface area contributed by atoms with E-state index in [9.17, 15) is 14.4 Å². The highest BCUT2D eigenvalue weighted by atomic mass is 79.9. The van der Waals surface area contributed by atoms with Crippen LogP contribution in [0.2, 0.25) is 0 Å². The Morgan fingerprint density at radius 1 is 1.25 bits per heavy atom. The Bertz CT molecular complexity index is 792. The lowest BCUT2D eigenvalue weighted by atomic mass is 10.2. The molecule has 20 heavy (non-hydrogen) atoms. The fourth-order valence-electron chi connectivity index (χ4n) is 1.73. The summed E-state index contributed by atoms with van der Waals surface area (Å²) in [6.07, 6.45) is 1.23. The summed E-state index contributed by atoms with van der Waals surface area (Å²) in [5.74, 6) is -0.556. The van der Waals surface area contributed by atoms with Crippen LogP contribution in [0.5, 0.6) is 0 Å². The Balaban J connectivity index is 2.40. The number of amides is 1. The Labute approximate surface area is 122 Å². The van der Waals surface area contributed by atoms with Crippen LogP contribution in [0.4, 0.5) is 5.69 Å². The summed E-state index contributed by atoms with van der Waals surface area (Å²) in [7, 11) is 2.82. The quantitative estimate of drug-likeness (QED) is 0.891. The van der Waals surface area contributed by atoms with E-state index < -0.39 is 17.2 Å². The van der Waals surface area contributed by atoms with Gasteiger partial charge in [0.2, 0.25) is 0 Å². The number of rotatable bonds is 2. The monoisotopic (exact) mass is 337 g/mol. The first-order valence-corrected chi connectivity index (χ1v) is 6.53. The lowest BCUT2D eigenvalue weighted by molar-refractivity contribution is 0.102. The first kappa shape index (κ1) is 14.3. The number of anilines is 1. The highest BCUT2D eigenvalue weighted by Crippen LogP contribution is 2.15. The fourth-order valence-corrected chi connectivity index (χ4v) is 2.13. The van der Waals surface area contributed by atoms with E-state index in [1.54, 1.807) is 18.2 Å². The number of halogens is 1. The van der Waals surface area contributed by atoms with Crippen molar-refractivity contribution >= 4 is 27.5 Å². The minimum atomic E-state index is -0.624. The molecule has 1 aromatic heterocycles. The van der Waals surface area contributed by atoms with Gasteiger partial charge < -0.3 is 9.88 Å². The topological polar surface area (TPSA) is 73.1 Å². The molecule has 0 unspecified atom stereocenters. The van der Waals surface area contributed by atoms with Gasteiger partial charge in [-0.2, -0.15) is 0 Å². The van der Waals surface area contributed by atoms with E-state index in [4.69, 9.17) is 0 Å². The molecule has 6 nitrogen and oxygen atoms in total. The summed E-state index contributed by atoms with van der Waals surface area (Å²) in [6, 6.07) is 7.00. The van der Waals surface area contributed by atoms with Gasteiger partial charge in [0, 0.05) is 30.5 Å². The number of nitrogens with one attached hydrogen (secondary N) is 1. The van der Waals surface area contributed by atoms with Crippen LogP contribution in [0.15, 0.2) is 44.5 Å². The predicted molar refractivity (Wildman–Crippen MR) is 79.0 cm³/mol. The van der Waals surface area contributed by atoms with Crippen LogP contribution in [-0.4, -0.2) is 15.0 Å². The number of carbonyl (C=O) groups excluding carboxylic acids is 1. The third-order valence-corrected chi connectivity index (χ3v) is 3.27. The van der Waals surface area contributed by atoms with Gasteiger partial charge in [-0.3, -0.25) is 14.2 Å². The molecular weight excluding hydrogens is 326 g/mol. The molecule has 2 aromatic rings. The van der Waals surface area contributed by atoms with Crippen LogP contribution in [-0.2, 0) is 14.1 Å². The average Bonchev–Trinajstić information content (AvgIpc) is 2.40. The molecule has 1 amide bonds. The van der Waals surface area contributed by atoms with E-state index in [-0.39, 0.29) is 5.56 Å². The molecule has 0 atom stereocenters. The number of hydrogen-bond acceptors (Lipinski definition) is 3. The molecule has 0 fully saturated rings. The molecule has 0 saturated carbocycles. The molecule has 0 spiro atoms. The van der Waals surface area contributed by atoms with E-state index in [1.165, 1.54) is 24.9 Å². The minimum absolute atomic E-state index is 0.0884. The molecule has 104 valence electrons. The third-order valence-electron chi connectivity index (χ3n) is 2.77. The molecule has 1 aromatic carbocycles. The zero-order valence-corrected chi connectivity index (χ0v) is 12.5. The Kier molecular flexibility index (Phi) is 3.89. The van der Waals surface area contributed by atoms with Gasteiger partial charge >= 0.3 is 5.69 Å². The molecule has 0 aliphatic carbocycles. The molecule has 0 aliphatic rings. The van der Waals surface area contributed by atoms with Crippen LogP contribution < -0.4 is 16.6 Å². The number of aryl methyl sites for hydroxylation is 1. The first-order chi connectivity index (χ1) is 9.40. The van der Waals surface area contributed by atoms with Gasteiger partial charge in [-0.1, -0.05) is 22.0 Å². The van der Waals surface area contributed by atoms with Crippen LogP contribution in [0.3, 0.4) is 0 Å². The lowest BCUT2D eigenvalue weighted by Gasteiger charge is -2.08. The highest BCUT2D eigenvalue weighted by molar-refractivity contribution is 9.10. The third kappa shape index (κ3) is 2.72. The smallest absolute Gasteiger partial charge is 0.322 e. The largest absolute Gasteiger partial charge is 0.330 e. The first-order valence-electron chi connectivity index (χ1n) is 5.73. The second kappa shape index (κ2) is 5.46. The van der Waals surface area contributed by atoms with Crippen LogP contribution in [0.25, 0.3) is 0 Å². The van der Waals surface area contributed by atoms with Crippen molar-refractivity contribution < 1.29 is 4.79 Å². The summed E-state index contributed by atoms with van der Waals surface area (Å²) in [5.41, 5.74) is -0.635. The van der Waals surface area contributed by atoms with Gasteiger partial charge in [0.15, 0.2) is 0 Å². The van der Waals surface area contributed by atoms with E-state index in [1.807, 2.05) is 6.07 Å². The SMILES string of the molecule is Cn1cc(C(=O)Nc2cccc(Br)c2)c(=O)n(C)c1=O. The van der Waals surface area contributed by atoms with Crippen molar-refractivity contribution in [2.45, 2.75) is 0 Å². The summed E-state index contributed by atoms with van der Waals surface area (Å²) in [6.45, 7) is 0. The predicted octanol–water partition coefficient (Wildman–Crippen LogP) is 1.10. The molecule has 0 saturated heterocycles. The highest BCUT2D eigenvalue weighted by Gasteiger charge is 2.14. The van der Waals surface area contributed by atoms with Gasteiger partial charge in [0.1, 0.15) is 5.56 Å². The lowest BCUT2D eigenvalue weighted by Crippen LogP contribution is -2.40. The Morgan fingerprint density at radius 2 is 1.95 bits per heavy atom. The maximum absolute atomic E-state index is 12.1. The number of nitrogens with zero attached hydrogens (tertiary/aromatic N) is 2. The fraction of sp³-hybridized carbons (Fsp3) is 0.154. The Hall–Kier alpha value is -2.15. The number of benzene rings is 1. The van der Waals surface area contributed by atoms with Crippen molar-refractivity contribution in [1.82, 2.24) is 9.13 Å². The molecule has 0 radical (unpaired) electrons. The molecule has 2 rings (SSSR count). The van der Waals surface area contributed by atoms with Gasteiger partial charge in [-0.25, -0.2) is 4.79 Å². The van der Waals surface area contributed by atoms with Crippen molar-refractivity contribution in [2.75, 3.05) is 5.32 Å². The van der Waals surface area contributed by atoms with Crippen molar-refractivity contribution in [3.05, 3.63) is 61.3 Å². The maximum Gasteiger partial charge on any atom is 0.330 e. The normalized spacial score (nSPS) is 10.3. The summed E-state index contributed by atoms with van der Waals surface area (Å²) < 4.78 is 2.90. The molecular formula is C13H12BrN3O3. The summed E-state index contributed by atoms with van der Waals surface area (Å²) in [5, 5.41) is 2.62. The minimum Gasteiger partial charge on any atom is -0.322 e. The van der Waals surface area contributed by atoms with E-state index >= 15 is 0 Å². The zero-order valence-electron chi connectivity index (χ0n) is 10.9. The van der Waals surface area contributed by atoms with Gasteiger partial charge in [-0.05, 0) is 18.2 Å². The summed E-state index contributed by atoms with van der Waals surface area (Å²) >= 11 is 3.29. The van der Waals surface area contributed by atoms with E-state index in [0.717, 1.165) is 9.04 Å². The molecule has 7 heteroatoms. The van der Waals surface area contributed by atoms with Gasteiger partial charge in [0.25, 0.3) is 11.5 Å². The van der Waals surface area contributed by atoms with Crippen molar-refractivity contribution in [3.63, 3.8) is 0 Å². The van der Waals surface area contributed by atoms with Crippen molar-refractivity contribution in [3.8, 4) is 0 Å². The zero-order chi connectivity index (χ0) is 14.9. The molecule has 1 N–H and O–H groups in total. The number of hydrogen-bond donors (Lipinski definition) is 1. The van der Waals surface area contributed by atoms with Gasteiger partial charge in [0.05, 0.1) is 0 Å². The summed E-state index contributed by atoms with van der Waals surface area (Å²) in [4.78, 5) is 35.6. The molecule has 0 bridgehead atoms. The van der Waals surface area contributed by atoms with E-state index in [2.05, 4.69) is 21.2 Å². The van der Waals surface area contributed by atoms with E-state index in [0.29, 0.717) is 5.69 Å². The standard InChI is InChI=1S/C13H12BrN3O3/c1-16-7-10(12(19)17(2)13(16)20)11(18)15-9-5-3-4-8(14)6-9/h3-7H,1-2H3,(H,15,18). The van der Waals surface area contributed by atoms with Crippen LogP contribution in [0.1, 0.15) is 10.4 Å². The maximum atomic E-state index is 12.1. The Morgan fingerprint density at radius 3 is 2.60 bits per heavy atom. The second-order valence-corrected chi connectivity index (χ2v) is 5.18. The van der Waals surface area contributed by atoms with Crippen LogP contribution in [0, 0.1) is 0 Å².